The molecule has 0 bridgehead atoms. The number of carbonyl (C=O) groups is 2. The molecule has 0 aliphatic heterocycles. The fraction of sp³-hybridized carbons (Fsp3) is 0.182. The van der Waals surface area contributed by atoms with Gasteiger partial charge in [-0.2, -0.15) is 18.3 Å². The number of nitrogens with two attached hydrogens (primary N) is 1. The fourth-order valence-corrected chi connectivity index (χ4v) is 3.97. The molecular formula is C22H19F3N6O2S. The molecule has 2 aromatic heterocycles. The van der Waals surface area contributed by atoms with Crippen molar-refractivity contribution in [3.05, 3.63) is 71.5 Å². The van der Waals surface area contributed by atoms with Crippen LogP contribution in [0.1, 0.15) is 28.7 Å². The van der Waals surface area contributed by atoms with Crippen LogP contribution in [0.15, 0.2) is 54.6 Å². The number of amides is 2. The molecule has 34 heavy (non-hydrogen) atoms. The van der Waals surface area contributed by atoms with Crippen molar-refractivity contribution in [2.24, 2.45) is 5.73 Å². The van der Waals surface area contributed by atoms with Crippen LogP contribution in [0.3, 0.4) is 0 Å². The molecule has 2 amide bonds. The number of anilines is 1. The lowest BCUT2D eigenvalue weighted by molar-refractivity contribution is -0.141. The number of fused-ring (bicyclic) bond motifs is 1. The van der Waals surface area contributed by atoms with Crippen molar-refractivity contribution in [2.45, 2.75) is 25.7 Å². The summed E-state index contributed by atoms with van der Waals surface area (Å²) in [5, 5.41) is 9.07. The van der Waals surface area contributed by atoms with E-state index < -0.39 is 23.8 Å². The van der Waals surface area contributed by atoms with Gasteiger partial charge in [0.2, 0.25) is 5.91 Å². The molecule has 4 rings (SSSR count). The number of alkyl halides is 3. The van der Waals surface area contributed by atoms with E-state index in [4.69, 9.17) is 5.73 Å². The lowest BCUT2D eigenvalue weighted by Gasteiger charge is -2.11. The minimum Gasteiger partial charge on any atom is -0.351 e. The molecule has 0 unspecified atom stereocenters. The van der Waals surface area contributed by atoms with E-state index in [-0.39, 0.29) is 29.0 Å². The van der Waals surface area contributed by atoms with Crippen LogP contribution in [0.2, 0.25) is 0 Å². The third-order valence-corrected chi connectivity index (χ3v) is 5.73. The van der Waals surface area contributed by atoms with Gasteiger partial charge in [-0.1, -0.05) is 35.6 Å². The lowest BCUT2D eigenvalue weighted by Crippen LogP contribution is -2.37. The predicted octanol–water partition coefficient (Wildman–Crippen LogP) is 3.72. The highest BCUT2D eigenvalue weighted by molar-refractivity contribution is 7.22. The van der Waals surface area contributed by atoms with E-state index in [9.17, 15) is 22.8 Å². The average Bonchev–Trinajstić information content (AvgIpc) is 3.41. The number of thiazole rings is 1. The zero-order valence-electron chi connectivity index (χ0n) is 17.8. The summed E-state index contributed by atoms with van der Waals surface area (Å²) in [5.41, 5.74) is 5.47. The summed E-state index contributed by atoms with van der Waals surface area (Å²) in [6, 6.07) is 13.5. The molecule has 2 heterocycles. The van der Waals surface area contributed by atoms with Crippen LogP contribution < -0.4 is 16.4 Å². The van der Waals surface area contributed by atoms with Crippen molar-refractivity contribution >= 4 is 38.5 Å². The molecule has 0 aliphatic rings. The van der Waals surface area contributed by atoms with Crippen LogP contribution in [0.5, 0.6) is 0 Å². The third-order valence-electron chi connectivity index (χ3n) is 4.78. The largest absolute Gasteiger partial charge is 0.435 e. The van der Waals surface area contributed by atoms with Gasteiger partial charge in [0.05, 0.1) is 21.9 Å². The maximum atomic E-state index is 13.4. The topological polar surface area (TPSA) is 115 Å². The molecule has 176 valence electrons. The Hall–Kier alpha value is -3.77. The number of nitrogens with zero attached hydrogens (tertiary/aromatic N) is 3. The number of benzene rings is 2. The second-order valence-electron chi connectivity index (χ2n) is 7.44. The summed E-state index contributed by atoms with van der Waals surface area (Å²) in [6.45, 7) is 1.64. The smallest absolute Gasteiger partial charge is 0.351 e. The van der Waals surface area contributed by atoms with Crippen LogP contribution in [0.25, 0.3) is 15.9 Å². The second kappa shape index (κ2) is 9.23. The van der Waals surface area contributed by atoms with Gasteiger partial charge >= 0.3 is 6.18 Å². The number of para-hydroxylation sites is 1. The summed E-state index contributed by atoms with van der Waals surface area (Å²) in [5.74, 6) is -1.17. The fourth-order valence-electron chi connectivity index (χ4n) is 3.11. The van der Waals surface area contributed by atoms with Gasteiger partial charge in [-0.15, -0.1) is 0 Å². The van der Waals surface area contributed by atoms with E-state index in [1.54, 1.807) is 24.3 Å². The maximum absolute atomic E-state index is 13.4. The molecule has 0 saturated carbocycles. The summed E-state index contributed by atoms with van der Waals surface area (Å²) in [7, 11) is 0. The standard InChI is InChI=1S/C22H19F3N6O2S/c1-12(26)19(32)27-11-13-5-4-6-14(9-13)31-16(10-18(30-31)22(23,24)25)20(33)29-21-28-15-7-2-3-8-17(15)34-21/h2-10,12H,11,26H2,1H3,(H,27,32)(H,28,29,33)/t12-/m0/s1. The first-order chi connectivity index (χ1) is 16.1. The van der Waals surface area contributed by atoms with E-state index in [1.165, 1.54) is 30.4 Å². The number of rotatable bonds is 6. The molecule has 1 atom stereocenters. The Morgan fingerprint density at radius 2 is 1.91 bits per heavy atom. The minimum atomic E-state index is -4.75. The summed E-state index contributed by atoms with van der Waals surface area (Å²) in [4.78, 5) is 29.0. The van der Waals surface area contributed by atoms with Gasteiger partial charge < -0.3 is 11.1 Å². The zero-order chi connectivity index (χ0) is 24.5. The van der Waals surface area contributed by atoms with Crippen molar-refractivity contribution in [2.75, 3.05) is 5.32 Å². The van der Waals surface area contributed by atoms with Crippen molar-refractivity contribution < 1.29 is 22.8 Å². The lowest BCUT2D eigenvalue weighted by atomic mass is 10.2. The highest BCUT2D eigenvalue weighted by Gasteiger charge is 2.36. The summed E-state index contributed by atoms with van der Waals surface area (Å²) < 4.78 is 42.0. The highest BCUT2D eigenvalue weighted by Crippen LogP contribution is 2.31. The van der Waals surface area contributed by atoms with Crippen LogP contribution in [-0.4, -0.2) is 32.6 Å². The number of nitrogens with one attached hydrogen (secondary N) is 2. The van der Waals surface area contributed by atoms with Crippen molar-refractivity contribution in [1.29, 1.82) is 0 Å². The molecule has 0 saturated heterocycles. The van der Waals surface area contributed by atoms with Crippen molar-refractivity contribution in [1.82, 2.24) is 20.1 Å². The molecule has 8 nitrogen and oxygen atoms in total. The number of halogens is 3. The van der Waals surface area contributed by atoms with E-state index >= 15 is 0 Å². The number of aromatic nitrogens is 3. The monoisotopic (exact) mass is 488 g/mol. The molecule has 4 N–H and O–H groups in total. The Morgan fingerprint density at radius 1 is 1.15 bits per heavy atom. The Labute approximate surface area is 195 Å². The molecule has 2 aromatic carbocycles. The third kappa shape index (κ3) is 5.07. The van der Waals surface area contributed by atoms with Gasteiger partial charge in [0.25, 0.3) is 5.91 Å². The Kier molecular flexibility index (Phi) is 6.35. The molecule has 4 aromatic rings. The Morgan fingerprint density at radius 3 is 2.62 bits per heavy atom. The van der Waals surface area contributed by atoms with Crippen LogP contribution >= 0.6 is 11.3 Å². The van der Waals surface area contributed by atoms with Gasteiger partial charge in [-0.3, -0.25) is 14.9 Å². The van der Waals surface area contributed by atoms with E-state index in [0.717, 1.165) is 9.38 Å². The van der Waals surface area contributed by atoms with Crippen LogP contribution in [-0.2, 0) is 17.5 Å². The number of hydrogen-bond donors (Lipinski definition) is 3. The van der Waals surface area contributed by atoms with Crippen LogP contribution in [0, 0.1) is 0 Å². The average molecular weight is 488 g/mol. The van der Waals surface area contributed by atoms with Gasteiger partial charge in [-0.05, 0) is 36.8 Å². The quantitative estimate of drug-likeness (QED) is 0.383. The predicted molar refractivity (Wildman–Crippen MR) is 122 cm³/mol. The maximum Gasteiger partial charge on any atom is 0.435 e. The molecule has 0 fully saturated rings. The summed E-state index contributed by atoms with van der Waals surface area (Å²) >= 11 is 1.20. The Balaban J connectivity index is 1.66. The Bertz CT molecular complexity index is 1330. The molecule has 12 heteroatoms. The molecule has 0 radical (unpaired) electrons. The zero-order valence-corrected chi connectivity index (χ0v) is 18.6. The SMILES string of the molecule is C[C@H](N)C(=O)NCc1cccc(-n2nc(C(F)(F)F)cc2C(=O)Nc2nc3ccccc3s2)c1. The van der Waals surface area contributed by atoms with Crippen molar-refractivity contribution in [3.8, 4) is 5.69 Å². The first kappa shape index (κ1) is 23.4. The number of carbonyl (C=O) groups excluding carboxylic acids is 2. The molecule has 0 aliphatic carbocycles. The van der Waals surface area contributed by atoms with E-state index in [0.29, 0.717) is 17.1 Å². The molecular weight excluding hydrogens is 469 g/mol. The van der Waals surface area contributed by atoms with E-state index in [1.807, 2.05) is 12.1 Å². The summed E-state index contributed by atoms with van der Waals surface area (Å²) in [6.07, 6.45) is -4.75. The first-order valence-corrected chi connectivity index (χ1v) is 10.9. The normalized spacial score (nSPS) is 12.5. The number of hydrogen-bond acceptors (Lipinski definition) is 6. The van der Waals surface area contributed by atoms with E-state index in [2.05, 4.69) is 20.7 Å². The van der Waals surface area contributed by atoms with Gasteiger partial charge in [-0.25, -0.2) is 9.67 Å². The van der Waals surface area contributed by atoms with Gasteiger partial charge in [0, 0.05) is 12.6 Å². The van der Waals surface area contributed by atoms with Gasteiger partial charge in [0.15, 0.2) is 10.8 Å². The highest BCUT2D eigenvalue weighted by atomic mass is 32.1. The van der Waals surface area contributed by atoms with Crippen LogP contribution in [0.4, 0.5) is 18.3 Å². The molecule has 0 spiro atoms. The second-order valence-corrected chi connectivity index (χ2v) is 8.47. The first-order valence-electron chi connectivity index (χ1n) is 10.1. The van der Waals surface area contributed by atoms with Crippen molar-refractivity contribution in [3.63, 3.8) is 0 Å². The minimum absolute atomic E-state index is 0.106. The van der Waals surface area contributed by atoms with Gasteiger partial charge in [0.1, 0.15) is 5.69 Å².